The zero-order chi connectivity index (χ0) is 24.9. The number of rotatable bonds is 15. The van der Waals surface area contributed by atoms with Gasteiger partial charge in [0.1, 0.15) is 11.5 Å². The Bertz CT molecular complexity index is 760. The standard InChI is InChI=1S/C29H46N2O4/c1-2-3-19-35-27-15-13-23(14-16-27)20-25(21-31-18-17-26(32)22-31)30-29(34)12-8-7-11-28(33)24-9-5-4-6-10-24/h13-16,24-26,32H,2-12,17-22H2,1H3,(H,30,34)/t25-,26-/m0/s1. The van der Waals surface area contributed by atoms with Crippen molar-refractivity contribution in [2.75, 3.05) is 26.2 Å². The zero-order valence-corrected chi connectivity index (χ0v) is 21.7. The van der Waals surface area contributed by atoms with Crippen LogP contribution < -0.4 is 10.1 Å². The van der Waals surface area contributed by atoms with Gasteiger partial charge in [0.25, 0.3) is 0 Å². The number of amides is 1. The van der Waals surface area contributed by atoms with E-state index in [0.717, 1.165) is 82.4 Å². The number of hydrogen-bond acceptors (Lipinski definition) is 5. The Hall–Kier alpha value is -1.92. The number of nitrogens with one attached hydrogen (secondary N) is 1. The number of ether oxygens (including phenoxy) is 1. The molecule has 1 aliphatic carbocycles. The van der Waals surface area contributed by atoms with Crippen LogP contribution in [0.3, 0.4) is 0 Å². The molecule has 6 heteroatoms. The molecule has 1 saturated heterocycles. The molecular weight excluding hydrogens is 440 g/mol. The highest BCUT2D eigenvalue weighted by Crippen LogP contribution is 2.26. The van der Waals surface area contributed by atoms with E-state index in [-0.39, 0.29) is 24.0 Å². The number of likely N-dealkylation sites (tertiary alicyclic amines) is 1. The molecule has 1 amide bonds. The van der Waals surface area contributed by atoms with Gasteiger partial charge >= 0.3 is 0 Å². The number of aliphatic hydroxyl groups excluding tert-OH is 1. The first-order valence-electron chi connectivity index (χ1n) is 14.0. The lowest BCUT2D eigenvalue weighted by Crippen LogP contribution is -2.44. The minimum Gasteiger partial charge on any atom is -0.494 e. The van der Waals surface area contributed by atoms with Gasteiger partial charge in [-0.05, 0) is 62.6 Å². The van der Waals surface area contributed by atoms with Crippen LogP contribution in [0.1, 0.15) is 89.5 Å². The lowest BCUT2D eigenvalue weighted by molar-refractivity contribution is -0.125. The lowest BCUT2D eigenvalue weighted by Gasteiger charge is -2.25. The van der Waals surface area contributed by atoms with Crippen LogP contribution in [0.25, 0.3) is 0 Å². The number of aliphatic hydroxyl groups is 1. The summed E-state index contributed by atoms with van der Waals surface area (Å²) in [7, 11) is 0. The van der Waals surface area contributed by atoms with Gasteiger partial charge in [0.15, 0.2) is 0 Å². The summed E-state index contributed by atoms with van der Waals surface area (Å²) in [6.07, 6.45) is 11.8. The number of carbonyl (C=O) groups is 2. The van der Waals surface area contributed by atoms with Gasteiger partial charge in [0, 0.05) is 44.4 Å². The smallest absolute Gasteiger partial charge is 0.220 e. The topological polar surface area (TPSA) is 78.9 Å². The highest BCUT2D eigenvalue weighted by Gasteiger charge is 2.24. The summed E-state index contributed by atoms with van der Waals surface area (Å²) in [5.41, 5.74) is 1.16. The summed E-state index contributed by atoms with van der Waals surface area (Å²) >= 11 is 0. The van der Waals surface area contributed by atoms with Crippen LogP contribution >= 0.6 is 0 Å². The molecule has 1 aromatic rings. The molecule has 1 heterocycles. The number of carbonyl (C=O) groups excluding carboxylic acids is 2. The van der Waals surface area contributed by atoms with E-state index in [1.165, 1.54) is 19.3 Å². The fourth-order valence-electron chi connectivity index (χ4n) is 5.30. The van der Waals surface area contributed by atoms with Crippen molar-refractivity contribution in [3.63, 3.8) is 0 Å². The largest absolute Gasteiger partial charge is 0.494 e. The monoisotopic (exact) mass is 486 g/mol. The lowest BCUT2D eigenvalue weighted by atomic mass is 9.84. The molecule has 0 spiro atoms. The molecule has 196 valence electrons. The van der Waals surface area contributed by atoms with E-state index >= 15 is 0 Å². The first-order chi connectivity index (χ1) is 17.0. The molecule has 1 aliphatic heterocycles. The maximum Gasteiger partial charge on any atom is 0.220 e. The molecule has 2 atom stereocenters. The molecule has 2 N–H and O–H groups in total. The number of Topliss-reactive ketones (excluding diaryl/α,β-unsaturated/α-hetero) is 1. The molecule has 3 rings (SSSR count). The van der Waals surface area contributed by atoms with Crippen molar-refractivity contribution in [3.05, 3.63) is 29.8 Å². The minimum absolute atomic E-state index is 0.0106. The molecule has 2 aliphatic rings. The van der Waals surface area contributed by atoms with E-state index in [9.17, 15) is 14.7 Å². The molecule has 1 saturated carbocycles. The number of benzene rings is 1. The van der Waals surface area contributed by atoms with Crippen LogP contribution in [-0.4, -0.2) is 60.1 Å². The summed E-state index contributed by atoms with van der Waals surface area (Å²) in [6.45, 7) is 5.15. The molecule has 0 aromatic heterocycles. The Morgan fingerprint density at radius 1 is 1.06 bits per heavy atom. The third-order valence-corrected chi connectivity index (χ3v) is 7.40. The highest BCUT2D eigenvalue weighted by atomic mass is 16.5. The average Bonchev–Trinajstić information content (AvgIpc) is 3.27. The number of nitrogens with zero attached hydrogens (tertiary/aromatic N) is 1. The average molecular weight is 487 g/mol. The van der Waals surface area contributed by atoms with E-state index in [0.29, 0.717) is 25.2 Å². The summed E-state index contributed by atoms with van der Waals surface area (Å²) in [5, 5.41) is 13.2. The number of ketones is 1. The van der Waals surface area contributed by atoms with Crippen molar-refractivity contribution in [1.82, 2.24) is 10.2 Å². The third-order valence-electron chi connectivity index (χ3n) is 7.40. The van der Waals surface area contributed by atoms with Crippen LogP contribution in [0.2, 0.25) is 0 Å². The minimum atomic E-state index is -0.271. The van der Waals surface area contributed by atoms with Crippen molar-refractivity contribution in [2.45, 2.75) is 103 Å². The van der Waals surface area contributed by atoms with Gasteiger partial charge in [-0.3, -0.25) is 14.5 Å². The SMILES string of the molecule is CCCCOc1ccc(C[C@@H](CN2CC[C@H](O)C2)NC(=O)CCCCC(=O)C2CCCCC2)cc1. The Labute approximate surface area is 211 Å². The van der Waals surface area contributed by atoms with Crippen LogP contribution in [-0.2, 0) is 16.0 Å². The first-order valence-corrected chi connectivity index (χ1v) is 14.0. The Morgan fingerprint density at radius 2 is 1.80 bits per heavy atom. The van der Waals surface area contributed by atoms with Crippen molar-refractivity contribution >= 4 is 11.7 Å². The van der Waals surface area contributed by atoms with Crippen LogP contribution in [0.4, 0.5) is 0 Å². The molecule has 0 radical (unpaired) electrons. The van der Waals surface area contributed by atoms with E-state index in [2.05, 4.69) is 29.3 Å². The van der Waals surface area contributed by atoms with Gasteiger partial charge in [0.05, 0.1) is 12.7 Å². The van der Waals surface area contributed by atoms with Crippen molar-refractivity contribution in [3.8, 4) is 5.75 Å². The van der Waals surface area contributed by atoms with Crippen molar-refractivity contribution in [1.29, 1.82) is 0 Å². The quantitative estimate of drug-likeness (QED) is 0.352. The second-order valence-corrected chi connectivity index (χ2v) is 10.5. The van der Waals surface area contributed by atoms with E-state index < -0.39 is 0 Å². The van der Waals surface area contributed by atoms with Gasteiger partial charge in [0.2, 0.25) is 5.91 Å². The normalized spacial score (nSPS) is 20.0. The van der Waals surface area contributed by atoms with E-state index in [4.69, 9.17) is 4.74 Å². The number of hydrogen-bond donors (Lipinski definition) is 2. The van der Waals surface area contributed by atoms with Gasteiger partial charge < -0.3 is 15.2 Å². The van der Waals surface area contributed by atoms with Crippen LogP contribution in [0.15, 0.2) is 24.3 Å². The van der Waals surface area contributed by atoms with Gasteiger partial charge in [-0.15, -0.1) is 0 Å². The molecule has 6 nitrogen and oxygen atoms in total. The first kappa shape index (κ1) is 27.7. The summed E-state index contributed by atoms with van der Waals surface area (Å²) in [5.74, 6) is 1.60. The Morgan fingerprint density at radius 3 is 2.49 bits per heavy atom. The molecular formula is C29H46N2O4. The van der Waals surface area contributed by atoms with Crippen LogP contribution in [0, 0.1) is 5.92 Å². The van der Waals surface area contributed by atoms with Crippen molar-refractivity contribution in [2.24, 2.45) is 5.92 Å². The van der Waals surface area contributed by atoms with Crippen LogP contribution in [0.5, 0.6) is 5.75 Å². The summed E-state index contributed by atoms with van der Waals surface area (Å²) < 4.78 is 5.77. The Kier molecular flexibility index (Phi) is 12.1. The van der Waals surface area contributed by atoms with Gasteiger partial charge in [-0.2, -0.15) is 0 Å². The highest BCUT2D eigenvalue weighted by molar-refractivity contribution is 5.81. The summed E-state index contributed by atoms with van der Waals surface area (Å²) in [6, 6.07) is 8.16. The van der Waals surface area contributed by atoms with Gasteiger partial charge in [-0.1, -0.05) is 44.7 Å². The zero-order valence-electron chi connectivity index (χ0n) is 21.7. The second kappa shape index (κ2) is 15.2. The fraction of sp³-hybridized carbons (Fsp3) is 0.724. The number of β-amino-alcohol motifs (C(OH)–C–C–N with tert-alkyl or cyclic N) is 1. The maximum absolute atomic E-state index is 12.7. The third kappa shape index (κ3) is 10.3. The summed E-state index contributed by atoms with van der Waals surface area (Å²) in [4.78, 5) is 27.4. The Balaban J connectivity index is 1.44. The molecule has 0 bridgehead atoms. The fourth-order valence-corrected chi connectivity index (χ4v) is 5.30. The van der Waals surface area contributed by atoms with E-state index in [1.54, 1.807) is 0 Å². The maximum atomic E-state index is 12.7. The van der Waals surface area contributed by atoms with E-state index in [1.807, 2.05) is 12.1 Å². The molecule has 1 aromatic carbocycles. The van der Waals surface area contributed by atoms with Gasteiger partial charge in [-0.25, -0.2) is 0 Å². The second-order valence-electron chi connectivity index (χ2n) is 10.5. The predicted octanol–water partition coefficient (Wildman–Crippen LogP) is 4.67. The molecule has 35 heavy (non-hydrogen) atoms. The molecule has 0 unspecified atom stereocenters. The van der Waals surface area contributed by atoms with Crippen molar-refractivity contribution < 1.29 is 19.4 Å². The molecule has 2 fully saturated rings. The number of unbranched alkanes of at least 4 members (excludes halogenated alkanes) is 2. The predicted molar refractivity (Wildman–Crippen MR) is 140 cm³/mol.